The third kappa shape index (κ3) is 6.02. The number of nitrogens with one attached hydrogen (secondary N) is 2. The lowest BCUT2D eigenvalue weighted by Gasteiger charge is -2.15. The number of aryl methyl sites for hydroxylation is 1. The quantitative estimate of drug-likeness (QED) is 0.481. The molecule has 4 nitrogen and oxygen atoms in total. The third-order valence-corrected chi connectivity index (χ3v) is 3.80. The second-order valence-electron chi connectivity index (χ2n) is 5.64. The fraction of sp³-hybridized carbons (Fsp3) is 0.500. The van der Waals surface area contributed by atoms with Gasteiger partial charge in [0.2, 0.25) is 0 Å². The Balaban J connectivity index is 1.86. The van der Waals surface area contributed by atoms with Crippen LogP contribution in [0.4, 0.5) is 4.39 Å². The number of benzene rings is 1. The Morgan fingerprint density at radius 1 is 1.35 bits per heavy atom. The van der Waals surface area contributed by atoms with Crippen LogP contribution in [-0.2, 0) is 11.3 Å². The summed E-state index contributed by atoms with van der Waals surface area (Å²) in [5, 5.41) is 6.55. The SMILES string of the molecule is CCNC(=NCc1ccc(C)c(F)c1)NCCC1=CCOCC1. The van der Waals surface area contributed by atoms with Crippen molar-refractivity contribution >= 4 is 5.96 Å². The summed E-state index contributed by atoms with van der Waals surface area (Å²) in [6, 6.07) is 5.26. The second kappa shape index (κ2) is 9.30. The van der Waals surface area contributed by atoms with Gasteiger partial charge in [-0.25, -0.2) is 9.38 Å². The van der Waals surface area contributed by atoms with Gasteiger partial charge in [-0.15, -0.1) is 0 Å². The normalized spacial score (nSPS) is 15.3. The summed E-state index contributed by atoms with van der Waals surface area (Å²) < 4.78 is 18.9. The minimum absolute atomic E-state index is 0.179. The van der Waals surface area contributed by atoms with E-state index in [2.05, 4.69) is 21.7 Å². The second-order valence-corrected chi connectivity index (χ2v) is 5.64. The number of ether oxygens (including phenoxy) is 1. The number of aliphatic imine (C=N–C) groups is 1. The van der Waals surface area contributed by atoms with Gasteiger partial charge in [0.25, 0.3) is 0 Å². The van der Waals surface area contributed by atoms with Gasteiger partial charge in [0.05, 0.1) is 19.8 Å². The largest absolute Gasteiger partial charge is 0.377 e. The molecule has 0 radical (unpaired) electrons. The molecule has 1 heterocycles. The minimum Gasteiger partial charge on any atom is -0.377 e. The minimum atomic E-state index is -0.179. The fourth-order valence-electron chi connectivity index (χ4n) is 2.38. The average Bonchev–Trinajstić information content (AvgIpc) is 2.56. The Labute approximate surface area is 137 Å². The highest BCUT2D eigenvalue weighted by molar-refractivity contribution is 5.79. The highest BCUT2D eigenvalue weighted by atomic mass is 19.1. The fourth-order valence-corrected chi connectivity index (χ4v) is 2.38. The number of hydrogen-bond acceptors (Lipinski definition) is 2. The van der Waals surface area contributed by atoms with E-state index >= 15 is 0 Å². The molecule has 0 aromatic heterocycles. The molecule has 0 unspecified atom stereocenters. The van der Waals surface area contributed by atoms with Gasteiger partial charge >= 0.3 is 0 Å². The van der Waals surface area contributed by atoms with Crippen molar-refractivity contribution in [3.05, 3.63) is 46.8 Å². The smallest absolute Gasteiger partial charge is 0.191 e. The monoisotopic (exact) mass is 319 g/mol. The molecule has 0 bridgehead atoms. The van der Waals surface area contributed by atoms with Gasteiger partial charge in [0.15, 0.2) is 5.96 Å². The molecule has 2 rings (SSSR count). The molecule has 126 valence electrons. The lowest BCUT2D eigenvalue weighted by Crippen LogP contribution is -2.38. The summed E-state index contributed by atoms with van der Waals surface area (Å²) in [4.78, 5) is 4.52. The standard InChI is InChI=1S/C18H26FN3O/c1-3-20-18(21-9-6-15-7-10-23-11-8-15)22-13-16-5-4-14(2)17(19)12-16/h4-5,7,12H,3,6,8-11,13H2,1-2H3,(H2,20,21,22). The van der Waals surface area contributed by atoms with Crippen LogP contribution in [0.25, 0.3) is 0 Å². The van der Waals surface area contributed by atoms with Crippen LogP contribution in [0.1, 0.15) is 30.9 Å². The molecular formula is C18H26FN3O. The molecule has 23 heavy (non-hydrogen) atoms. The Bertz CT molecular complexity index is 569. The van der Waals surface area contributed by atoms with Crippen molar-refractivity contribution in [2.24, 2.45) is 4.99 Å². The molecule has 0 saturated carbocycles. The highest BCUT2D eigenvalue weighted by Crippen LogP contribution is 2.11. The van der Waals surface area contributed by atoms with Crippen LogP contribution < -0.4 is 10.6 Å². The number of rotatable bonds is 6. The van der Waals surface area contributed by atoms with Crippen LogP contribution in [0.15, 0.2) is 34.8 Å². The molecule has 0 spiro atoms. The maximum absolute atomic E-state index is 13.6. The van der Waals surface area contributed by atoms with Gasteiger partial charge in [-0.3, -0.25) is 0 Å². The summed E-state index contributed by atoms with van der Waals surface area (Å²) in [5.41, 5.74) is 2.96. The third-order valence-electron chi connectivity index (χ3n) is 3.80. The van der Waals surface area contributed by atoms with Crippen LogP contribution in [0.2, 0.25) is 0 Å². The highest BCUT2D eigenvalue weighted by Gasteiger charge is 2.04. The zero-order valence-corrected chi connectivity index (χ0v) is 14.0. The van der Waals surface area contributed by atoms with E-state index in [1.807, 2.05) is 13.0 Å². The van der Waals surface area contributed by atoms with Crippen molar-refractivity contribution in [2.75, 3.05) is 26.3 Å². The summed E-state index contributed by atoms with van der Waals surface area (Å²) in [7, 11) is 0. The summed E-state index contributed by atoms with van der Waals surface area (Å²) in [6.45, 7) is 7.43. The predicted molar refractivity (Wildman–Crippen MR) is 92.1 cm³/mol. The van der Waals surface area contributed by atoms with Gasteiger partial charge in [0.1, 0.15) is 5.82 Å². The number of nitrogens with zero attached hydrogens (tertiary/aromatic N) is 1. The first kappa shape index (κ1) is 17.5. The lowest BCUT2D eigenvalue weighted by molar-refractivity contribution is 0.153. The summed E-state index contributed by atoms with van der Waals surface area (Å²) in [6.07, 6.45) is 4.16. The van der Waals surface area contributed by atoms with Gasteiger partial charge in [-0.2, -0.15) is 0 Å². The van der Waals surface area contributed by atoms with E-state index in [4.69, 9.17) is 4.74 Å². The van der Waals surface area contributed by atoms with Crippen molar-refractivity contribution < 1.29 is 9.13 Å². The van der Waals surface area contributed by atoms with Crippen LogP contribution in [0.5, 0.6) is 0 Å². The van der Waals surface area contributed by atoms with E-state index in [-0.39, 0.29) is 5.82 Å². The van der Waals surface area contributed by atoms with Gasteiger partial charge in [-0.05, 0) is 43.9 Å². The van der Waals surface area contributed by atoms with Crippen molar-refractivity contribution in [3.8, 4) is 0 Å². The topological polar surface area (TPSA) is 45.7 Å². The maximum Gasteiger partial charge on any atom is 0.191 e. The number of hydrogen-bond donors (Lipinski definition) is 2. The van der Waals surface area contributed by atoms with Gasteiger partial charge in [-0.1, -0.05) is 23.8 Å². The molecule has 1 aliphatic heterocycles. The molecule has 0 fully saturated rings. The van der Waals surface area contributed by atoms with Crippen molar-refractivity contribution in [1.29, 1.82) is 0 Å². The summed E-state index contributed by atoms with van der Waals surface area (Å²) in [5.74, 6) is 0.586. The van der Waals surface area contributed by atoms with Crippen LogP contribution in [0, 0.1) is 12.7 Å². The van der Waals surface area contributed by atoms with Crippen molar-refractivity contribution in [1.82, 2.24) is 10.6 Å². The van der Waals surface area contributed by atoms with Crippen LogP contribution in [-0.4, -0.2) is 32.3 Å². The zero-order valence-electron chi connectivity index (χ0n) is 14.0. The Morgan fingerprint density at radius 2 is 2.22 bits per heavy atom. The Morgan fingerprint density at radius 3 is 2.91 bits per heavy atom. The number of guanidine groups is 1. The Hall–Kier alpha value is -1.88. The first-order chi connectivity index (χ1) is 11.2. The van der Waals surface area contributed by atoms with E-state index in [1.54, 1.807) is 19.1 Å². The molecule has 1 aromatic carbocycles. The molecule has 1 aliphatic rings. The van der Waals surface area contributed by atoms with Crippen LogP contribution >= 0.6 is 0 Å². The van der Waals surface area contributed by atoms with Crippen LogP contribution in [0.3, 0.4) is 0 Å². The van der Waals surface area contributed by atoms with Crippen molar-refractivity contribution in [3.63, 3.8) is 0 Å². The summed E-state index contributed by atoms with van der Waals surface area (Å²) >= 11 is 0. The van der Waals surface area contributed by atoms with Crippen molar-refractivity contribution in [2.45, 2.75) is 33.2 Å². The first-order valence-electron chi connectivity index (χ1n) is 8.22. The molecular weight excluding hydrogens is 293 g/mol. The van der Waals surface area contributed by atoms with E-state index in [9.17, 15) is 4.39 Å². The first-order valence-corrected chi connectivity index (χ1v) is 8.22. The molecule has 2 N–H and O–H groups in total. The predicted octanol–water partition coefficient (Wildman–Crippen LogP) is 2.93. The number of halogens is 1. The molecule has 0 aliphatic carbocycles. The lowest BCUT2D eigenvalue weighted by atomic mass is 10.1. The van der Waals surface area contributed by atoms with E-state index < -0.39 is 0 Å². The Kier molecular flexibility index (Phi) is 7.07. The molecule has 0 atom stereocenters. The molecule has 0 amide bonds. The maximum atomic E-state index is 13.6. The van der Waals surface area contributed by atoms with E-state index in [0.29, 0.717) is 12.1 Å². The van der Waals surface area contributed by atoms with E-state index in [1.165, 1.54) is 5.57 Å². The average molecular weight is 319 g/mol. The van der Waals surface area contributed by atoms with Gasteiger partial charge in [0, 0.05) is 13.1 Å². The molecule has 0 saturated heterocycles. The van der Waals surface area contributed by atoms with E-state index in [0.717, 1.165) is 50.7 Å². The zero-order chi connectivity index (χ0) is 16.5. The molecule has 5 heteroatoms. The van der Waals surface area contributed by atoms with Gasteiger partial charge < -0.3 is 15.4 Å². The molecule has 1 aromatic rings.